The molecule has 1 atom stereocenters. The third-order valence-corrected chi connectivity index (χ3v) is 5.59. The van der Waals surface area contributed by atoms with Crippen LogP contribution in [0.5, 0.6) is 5.75 Å². The summed E-state index contributed by atoms with van der Waals surface area (Å²) < 4.78 is 7.45. The summed E-state index contributed by atoms with van der Waals surface area (Å²) in [6, 6.07) is 11.6. The number of carbonyl (C=O) groups excluding carboxylic acids is 1. The average molecular weight is 395 g/mol. The predicted molar refractivity (Wildman–Crippen MR) is 108 cm³/mol. The van der Waals surface area contributed by atoms with Crippen LogP contribution in [0.3, 0.4) is 0 Å². The Morgan fingerprint density at radius 3 is 2.68 bits per heavy atom. The van der Waals surface area contributed by atoms with Gasteiger partial charge in [-0.05, 0) is 44.0 Å². The van der Waals surface area contributed by atoms with Crippen LogP contribution >= 0.6 is 11.8 Å². The van der Waals surface area contributed by atoms with Gasteiger partial charge in [-0.25, -0.2) is 0 Å². The molecule has 1 saturated carbocycles. The Labute approximate surface area is 167 Å². The van der Waals surface area contributed by atoms with Crippen molar-refractivity contribution in [3.05, 3.63) is 48.8 Å². The van der Waals surface area contributed by atoms with Crippen molar-refractivity contribution in [1.29, 1.82) is 0 Å². The molecule has 28 heavy (non-hydrogen) atoms. The molecule has 2 heterocycles. The van der Waals surface area contributed by atoms with E-state index < -0.39 is 0 Å². The molecule has 0 bridgehead atoms. The number of ether oxygens (including phenoxy) is 1. The topological polar surface area (TPSA) is 81.9 Å². The zero-order chi connectivity index (χ0) is 19.5. The summed E-state index contributed by atoms with van der Waals surface area (Å²) in [7, 11) is 1.59. The Hall–Kier alpha value is -2.87. The molecular weight excluding hydrogens is 374 g/mol. The zero-order valence-corrected chi connectivity index (χ0v) is 16.5. The Bertz CT molecular complexity index is 972. The SMILES string of the molecule is COc1ccccc1NC(=O)[C@H](C)Sc1nnc(-c2ccncc2)n1C1CC1. The molecule has 3 aromatic rings. The predicted octanol–water partition coefficient (Wildman–Crippen LogP) is 3.80. The number of nitrogens with zero attached hydrogens (tertiary/aromatic N) is 4. The minimum atomic E-state index is -0.336. The molecule has 0 unspecified atom stereocenters. The van der Waals surface area contributed by atoms with Gasteiger partial charge in [0.2, 0.25) is 5.91 Å². The number of pyridine rings is 1. The van der Waals surface area contributed by atoms with E-state index in [2.05, 4.69) is 25.1 Å². The van der Waals surface area contributed by atoms with E-state index in [0.29, 0.717) is 17.5 Å². The molecule has 7 nitrogen and oxygen atoms in total. The zero-order valence-electron chi connectivity index (χ0n) is 15.7. The lowest BCUT2D eigenvalue weighted by atomic mass is 10.2. The number of nitrogens with one attached hydrogen (secondary N) is 1. The number of hydrogen-bond donors (Lipinski definition) is 1. The summed E-state index contributed by atoms with van der Waals surface area (Å²) in [6.07, 6.45) is 5.70. The fraction of sp³-hybridized carbons (Fsp3) is 0.300. The first-order chi connectivity index (χ1) is 13.7. The standard InChI is InChI=1S/C20H21N5O2S/c1-13(19(26)22-16-5-3-4-6-17(16)27-2)28-20-24-23-18(25(20)15-7-8-15)14-9-11-21-12-10-14/h3-6,9-13,15H,7-8H2,1-2H3,(H,22,26)/t13-/m0/s1. The van der Waals surface area contributed by atoms with Crippen molar-refractivity contribution in [2.45, 2.75) is 36.2 Å². The van der Waals surface area contributed by atoms with Crippen molar-refractivity contribution in [3.63, 3.8) is 0 Å². The van der Waals surface area contributed by atoms with Crippen molar-refractivity contribution in [2.75, 3.05) is 12.4 Å². The normalized spacial score (nSPS) is 14.5. The first-order valence-corrected chi connectivity index (χ1v) is 10.0. The Balaban J connectivity index is 1.52. The summed E-state index contributed by atoms with van der Waals surface area (Å²) in [6.45, 7) is 1.87. The van der Waals surface area contributed by atoms with Gasteiger partial charge < -0.3 is 10.1 Å². The summed E-state index contributed by atoms with van der Waals surface area (Å²) in [4.78, 5) is 16.8. The van der Waals surface area contributed by atoms with Gasteiger partial charge in [-0.1, -0.05) is 23.9 Å². The summed E-state index contributed by atoms with van der Waals surface area (Å²) in [5, 5.41) is 12.1. The second-order valence-corrected chi connectivity index (χ2v) is 7.90. The van der Waals surface area contributed by atoms with Crippen LogP contribution in [0, 0.1) is 0 Å². The molecule has 1 aliphatic carbocycles. The molecule has 0 saturated heterocycles. The van der Waals surface area contributed by atoms with Gasteiger partial charge in [0.25, 0.3) is 0 Å². The van der Waals surface area contributed by atoms with Crippen LogP contribution in [0.4, 0.5) is 5.69 Å². The average Bonchev–Trinajstić information content (AvgIpc) is 3.49. The molecule has 1 aliphatic rings. The minimum Gasteiger partial charge on any atom is -0.495 e. The van der Waals surface area contributed by atoms with Gasteiger partial charge in [0.1, 0.15) is 5.75 Å². The number of para-hydroxylation sites is 2. The van der Waals surface area contributed by atoms with Crippen molar-refractivity contribution in [2.24, 2.45) is 0 Å². The third-order valence-electron chi connectivity index (χ3n) is 4.53. The maximum Gasteiger partial charge on any atom is 0.237 e. The lowest BCUT2D eigenvalue weighted by molar-refractivity contribution is -0.115. The Morgan fingerprint density at radius 2 is 1.96 bits per heavy atom. The summed E-state index contributed by atoms with van der Waals surface area (Å²) >= 11 is 1.42. The highest BCUT2D eigenvalue weighted by Gasteiger charge is 2.31. The molecule has 1 fully saturated rings. The highest BCUT2D eigenvalue weighted by atomic mass is 32.2. The molecule has 1 amide bonds. The molecule has 0 aliphatic heterocycles. The van der Waals surface area contributed by atoms with Gasteiger partial charge in [0.15, 0.2) is 11.0 Å². The molecule has 1 aromatic carbocycles. The highest BCUT2D eigenvalue weighted by molar-refractivity contribution is 8.00. The number of aromatic nitrogens is 4. The summed E-state index contributed by atoms with van der Waals surface area (Å²) in [5.41, 5.74) is 1.64. The number of methoxy groups -OCH3 is 1. The van der Waals surface area contributed by atoms with E-state index in [1.54, 1.807) is 19.5 Å². The minimum absolute atomic E-state index is 0.106. The molecule has 144 valence electrons. The number of carbonyl (C=O) groups is 1. The van der Waals surface area contributed by atoms with Crippen LogP contribution in [-0.4, -0.2) is 38.0 Å². The maximum atomic E-state index is 12.7. The van der Waals surface area contributed by atoms with E-state index in [0.717, 1.165) is 29.4 Å². The number of amides is 1. The van der Waals surface area contributed by atoms with Crippen LogP contribution in [-0.2, 0) is 4.79 Å². The van der Waals surface area contributed by atoms with Gasteiger partial charge in [0, 0.05) is 24.0 Å². The highest BCUT2D eigenvalue weighted by Crippen LogP contribution is 2.41. The first-order valence-electron chi connectivity index (χ1n) is 9.13. The van der Waals surface area contributed by atoms with Gasteiger partial charge in [-0.15, -0.1) is 10.2 Å². The van der Waals surface area contributed by atoms with E-state index in [1.807, 2.05) is 43.3 Å². The van der Waals surface area contributed by atoms with E-state index in [-0.39, 0.29) is 11.2 Å². The van der Waals surface area contributed by atoms with Gasteiger partial charge in [0.05, 0.1) is 18.0 Å². The summed E-state index contributed by atoms with van der Waals surface area (Å²) in [5.74, 6) is 1.35. The monoisotopic (exact) mass is 395 g/mol. The Morgan fingerprint density at radius 1 is 1.21 bits per heavy atom. The smallest absolute Gasteiger partial charge is 0.237 e. The van der Waals surface area contributed by atoms with Gasteiger partial charge >= 0.3 is 0 Å². The van der Waals surface area contributed by atoms with E-state index in [9.17, 15) is 4.79 Å². The maximum absolute atomic E-state index is 12.7. The molecule has 2 aromatic heterocycles. The van der Waals surface area contributed by atoms with E-state index in [1.165, 1.54) is 11.8 Å². The molecular formula is C20H21N5O2S. The quantitative estimate of drug-likeness (QED) is 0.613. The van der Waals surface area contributed by atoms with Crippen molar-refractivity contribution >= 4 is 23.4 Å². The number of thioether (sulfide) groups is 1. The largest absolute Gasteiger partial charge is 0.495 e. The molecule has 0 radical (unpaired) electrons. The second kappa shape index (κ2) is 8.02. The lowest BCUT2D eigenvalue weighted by Gasteiger charge is -2.14. The Kier molecular flexibility index (Phi) is 5.29. The number of benzene rings is 1. The molecule has 1 N–H and O–H groups in total. The lowest BCUT2D eigenvalue weighted by Crippen LogP contribution is -2.23. The van der Waals surface area contributed by atoms with Crippen LogP contribution in [0.1, 0.15) is 25.8 Å². The van der Waals surface area contributed by atoms with Gasteiger partial charge in [-0.2, -0.15) is 0 Å². The van der Waals surface area contributed by atoms with Crippen molar-refractivity contribution < 1.29 is 9.53 Å². The fourth-order valence-corrected chi connectivity index (χ4v) is 3.83. The van der Waals surface area contributed by atoms with Crippen molar-refractivity contribution in [1.82, 2.24) is 19.7 Å². The van der Waals surface area contributed by atoms with Crippen LogP contribution in [0.2, 0.25) is 0 Å². The number of rotatable bonds is 7. The second-order valence-electron chi connectivity index (χ2n) is 6.59. The third kappa shape index (κ3) is 3.87. The molecule has 0 spiro atoms. The molecule has 8 heteroatoms. The van der Waals surface area contributed by atoms with Gasteiger partial charge in [-0.3, -0.25) is 14.3 Å². The fourth-order valence-electron chi connectivity index (χ4n) is 2.91. The number of hydrogen-bond acceptors (Lipinski definition) is 6. The first kappa shape index (κ1) is 18.5. The van der Waals surface area contributed by atoms with Crippen LogP contribution in [0.15, 0.2) is 53.9 Å². The van der Waals surface area contributed by atoms with Crippen LogP contribution in [0.25, 0.3) is 11.4 Å². The molecule has 4 rings (SSSR count). The van der Waals surface area contributed by atoms with E-state index in [4.69, 9.17) is 4.74 Å². The number of anilines is 1. The van der Waals surface area contributed by atoms with Crippen molar-refractivity contribution in [3.8, 4) is 17.1 Å². The van der Waals surface area contributed by atoms with Crippen LogP contribution < -0.4 is 10.1 Å². The van der Waals surface area contributed by atoms with E-state index >= 15 is 0 Å².